The third-order valence-electron chi connectivity index (χ3n) is 4.11. The van der Waals surface area contributed by atoms with Gasteiger partial charge in [0.1, 0.15) is 0 Å². The molecular weight excluding hydrogens is 268 g/mol. The van der Waals surface area contributed by atoms with E-state index in [-0.39, 0.29) is 12.3 Å². The predicted octanol–water partition coefficient (Wildman–Crippen LogP) is 2.11. The Morgan fingerprint density at radius 3 is 2.62 bits per heavy atom. The van der Waals surface area contributed by atoms with Gasteiger partial charge >= 0.3 is 5.97 Å². The van der Waals surface area contributed by atoms with E-state index >= 15 is 0 Å². The molecule has 0 radical (unpaired) electrons. The third kappa shape index (κ3) is 6.93. The Balaban J connectivity index is 2.52. The fraction of sp³-hybridized carbons (Fsp3) is 0.875. The Labute approximate surface area is 128 Å². The van der Waals surface area contributed by atoms with Gasteiger partial charge in [0.25, 0.3) is 0 Å². The molecule has 0 saturated carbocycles. The first-order valence-corrected chi connectivity index (χ1v) is 8.15. The quantitative estimate of drug-likeness (QED) is 0.720. The molecule has 1 fully saturated rings. The molecule has 1 aliphatic heterocycles. The lowest BCUT2D eigenvalue weighted by atomic mass is 9.90. The van der Waals surface area contributed by atoms with Crippen LogP contribution in [0.2, 0.25) is 0 Å². The molecule has 0 aliphatic carbocycles. The minimum atomic E-state index is -0.752. The SMILES string of the molecule is CCC(=O)N1CC(CCC(=O)O)CC(NCCC(C)C)C1. The van der Waals surface area contributed by atoms with Crippen LogP contribution in [0.25, 0.3) is 0 Å². The zero-order valence-corrected chi connectivity index (χ0v) is 13.6. The summed E-state index contributed by atoms with van der Waals surface area (Å²) in [7, 11) is 0. The Morgan fingerprint density at radius 2 is 2.05 bits per heavy atom. The molecule has 0 aromatic heterocycles. The van der Waals surface area contributed by atoms with Gasteiger partial charge in [-0.25, -0.2) is 0 Å². The van der Waals surface area contributed by atoms with Crippen LogP contribution in [0.4, 0.5) is 0 Å². The molecule has 0 bridgehead atoms. The van der Waals surface area contributed by atoms with Gasteiger partial charge in [0, 0.05) is 32.0 Å². The fourth-order valence-electron chi connectivity index (χ4n) is 2.89. The number of carbonyl (C=O) groups excluding carboxylic acids is 1. The summed E-state index contributed by atoms with van der Waals surface area (Å²) in [4.78, 5) is 24.6. The summed E-state index contributed by atoms with van der Waals surface area (Å²) < 4.78 is 0. The Bertz CT molecular complexity index is 344. The normalized spacial score (nSPS) is 22.6. The van der Waals surface area contributed by atoms with Gasteiger partial charge in [0.15, 0.2) is 0 Å². The monoisotopic (exact) mass is 298 g/mol. The maximum absolute atomic E-state index is 12.0. The summed E-state index contributed by atoms with van der Waals surface area (Å²) in [6.07, 6.45) is 3.46. The molecule has 1 amide bonds. The van der Waals surface area contributed by atoms with Crippen molar-refractivity contribution in [3.63, 3.8) is 0 Å². The van der Waals surface area contributed by atoms with Crippen LogP contribution >= 0.6 is 0 Å². The van der Waals surface area contributed by atoms with Crippen molar-refractivity contribution in [1.82, 2.24) is 10.2 Å². The van der Waals surface area contributed by atoms with Gasteiger partial charge in [-0.15, -0.1) is 0 Å². The summed E-state index contributed by atoms with van der Waals surface area (Å²) in [5.74, 6) is 0.378. The van der Waals surface area contributed by atoms with Crippen molar-refractivity contribution >= 4 is 11.9 Å². The Hall–Kier alpha value is -1.10. The summed E-state index contributed by atoms with van der Waals surface area (Å²) in [5, 5.41) is 12.4. The van der Waals surface area contributed by atoms with Crippen molar-refractivity contribution in [2.75, 3.05) is 19.6 Å². The van der Waals surface area contributed by atoms with Crippen molar-refractivity contribution in [2.45, 2.75) is 58.9 Å². The van der Waals surface area contributed by atoms with Crippen molar-refractivity contribution in [3.05, 3.63) is 0 Å². The number of piperidine rings is 1. The highest BCUT2D eigenvalue weighted by atomic mass is 16.4. The number of nitrogens with one attached hydrogen (secondary N) is 1. The third-order valence-corrected chi connectivity index (χ3v) is 4.11. The highest BCUT2D eigenvalue weighted by molar-refractivity contribution is 5.76. The minimum absolute atomic E-state index is 0.172. The smallest absolute Gasteiger partial charge is 0.303 e. The molecule has 5 nitrogen and oxygen atoms in total. The topological polar surface area (TPSA) is 69.6 Å². The van der Waals surface area contributed by atoms with E-state index in [0.717, 1.165) is 25.9 Å². The van der Waals surface area contributed by atoms with Crippen molar-refractivity contribution in [2.24, 2.45) is 11.8 Å². The molecule has 1 heterocycles. The first-order chi connectivity index (χ1) is 9.92. The average Bonchev–Trinajstić information content (AvgIpc) is 2.43. The number of hydrogen-bond acceptors (Lipinski definition) is 3. The van der Waals surface area contributed by atoms with E-state index in [0.29, 0.717) is 37.3 Å². The number of amides is 1. The molecule has 1 rings (SSSR count). The van der Waals surface area contributed by atoms with Crippen molar-refractivity contribution < 1.29 is 14.7 Å². The zero-order valence-electron chi connectivity index (χ0n) is 13.6. The average molecular weight is 298 g/mol. The van der Waals surface area contributed by atoms with Gasteiger partial charge in [-0.2, -0.15) is 0 Å². The van der Waals surface area contributed by atoms with E-state index in [1.165, 1.54) is 0 Å². The molecule has 0 spiro atoms. The second kappa shape index (κ2) is 9.03. The van der Waals surface area contributed by atoms with Crippen LogP contribution in [-0.4, -0.2) is 47.6 Å². The van der Waals surface area contributed by atoms with Gasteiger partial charge in [-0.05, 0) is 37.6 Å². The Morgan fingerprint density at radius 1 is 1.33 bits per heavy atom. The van der Waals surface area contributed by atoms with E-state index in [1.807, 2.05) is 11.8 Å². The highest BCUT2D eigenvalue weighted by Gasteiger charge is 2.29. The lowest BCUT2D eigenvalue weighted by Crippen LogP contribution is -2.51. The molecule has 2 unspecified atom stereocenters. The van der Waals surface area contributed by atoms with Crippen LogP contribution in [0.15, 0.2) is 0 Å². The predicted molar refractivity (Wildman–Crippen MR) is 83.1 cm³/mol. The van der Waals surface area contributed by atoms with Crippen LogP contribution in [0.5, 0.6) is 0 Å². The van der Waals surface area contributed by atoms with Crippen LogP contribution in [0.1, 0.15) is 52.9 Å². The summed E-state index contributed by atoms with van der Waals surface area (Å²) in [5.41, 5.74) is 0. The number of likely N-dealkylation sites (tertiary alicyclic amines) is 1. The van der Waals surface area contributed by atoms with Gasteiger partial charge < -0.3 is 15.3 Å². The molecule has 122 valence electrons. The number of nitrogens with zero attached hydrogens (tertiary/aromatic N) is 1. The fourth-order valence-corrected chi connectivity index (χ4v) is 2.89. The maximum atomic E-state index is 12.0. The van der Waals surface area contributed by atoms with E-state index in [4.69, 9.17) is 5.11 Å². The molecule has 1 aliphatic rings. The standard InChI is InChI=1S/C16H30N2O3/c1-4-15(19)18-10-13(5-6-16(20)21)9-14(11-18)17-8-7-12(2)3/h12-14,17H,4-11H2,1-3H3,(H,20,21). The molecule has 2 N–H and O–H groups in total. The molecule has 2 atom stereocenters. The van der Waals surface area contributed by atoms with Gasteiger partial charge in [0.2, 0.25) is 5.91 Å². The van der Waals surface area contributed by atoms with E-state index in [1.54, 1.807) is 0 Å². The van der Waals surface area contributed by atoms with E-state index in [2.05, 4.69) is 19.2 Å². The highest BCUT2D eigenvalue weighted by Crippen LogP contribution is 2.22. The molecule has 0 aromatic carbocycles. The minimum Gasteiger partial charge on any atom is -0.481 e. The lowest BCUT2D eigenvalue weighted by Gasteiger charge is -2.38. The first-order valence-electron chi connectivity index (χ1n) is 8.15. The number of carboxylic acid groups (broad SMARTS) is 1. The second-order valence-electron chi connectivity index (χ2n) is 6.52. The number of hydrogen-bond donors (Lipinski definition) is 2. The van der Waals surface area contributed by atoms with Crippen LogP contribution in [0, 0.1) is 11.8 Å². The van der Waals surface area contributed by atoms with Gasteiger partial charge in [-0.3, -0.25) is 9.59 Å². The lowest BCUT2D eigenvalue weighted by molar-refractivity contribution is -0.137. The van der Waals surface area contributed by atoms with Crippen molar-refractivity contribution in [1.29, 1.82) is 0 Å². The maximum Gasteiger partial charge on any atom is 0.303 e. The summed E-state index contributed by atoms with van der Waals surface area (Å²) >= 11 is 0. The molecule has 21 heavy (non-hydrogen) atoms. The van der Waals surface area contributed by atoms with Crippen molar-refractivity contribution in [3.8, 4) is 0 Å². The van der Waals surface area contributed by atoms with E-state index in [9.17, 15) is 9.59 Å². The number of rotatable bonds is 8. The Kier molecular flexibility index (Phi) is 7.72. The van der Waals surface area contributed by atoms with Crippen LogP contribution in [0.3, 0.4) is 0 Å². The molecular formula is C16H30N2O3. The van der Waals surface area contributed by atoms with E-state index < -0.39 is 5.97 Å². The number of aliphatic carboxylic acids is 1. The van der Waals surface area contributed by atoms with Crippen LogP contribution < -0.4 is 5.32 Å². The largest absolute Gasteiger partial charge is 0.481 e. The second-order valence-corrected chi connectivity index (χ2v) is 6.52. The number of carbonyl (C=O) groups is 2. The molecule has 5 heteroatoms. The molecule has 1 saturated heterocycles. The van der Waals surface area contributed by atoms with Gasteiger partial charge in [0.05, 0.1) is 0 Å². The van der Waals surface area contributed by atoms with Crippen LogP contribution in [-0.2, 0) is 9.59 Å². The molecule has 0 aromatic rings. The number of carboxylic acids is 1. The summed E-state index contributed by atoms with van der Waals surface area (Å²) in [6.45, 7) is 8.71. The summed E-state index contributed by atoms with van der Waals surface area (Å²) in [6, 6.07) is 0.298. The first kappa shape index (κ1) is 18.0. The van der Waals surface area contributed by atoms with Gasteiger partial charge in [-0.1, -0.05) is 20.8 Å². The zero-order chi connectivity index (χ0) is 15.8.